The molecule has 8 heteroatoms. The lowest BCUT2D eigenvalue weighted by molar-refractivity contribution is -0.186. The highest BCUT2D eigenvalue weighted by molar-refractivity contribution is 9.10. The van der Waals surface area contributed by atoms with Crippen LogP contribution in [0.1, 0.15) is 6.42 Å². The Hall–Kier alpha value is 0.350. The lowest BCUT2D eigenvalue weighted by Crippen LogP contribution is -2.37. The molecule has 0 fully saturated rings. The molecule has 0 nitrogen and oxygen atoms in total. The van der Waals surface area contributed by atoms with Crippen LogP contribution in [0, 0.1) is 0 Å². The Labute approximate surface area is 77.0 Å². The first-order valence-corrected chi connectivity index (χ1v) is 3.64. The lowest BCUT2D eigenvalue weighted by atomic mass is 10.3. The summed E-state index contributed by atoms with van der Waals surface area (Å²) in [6.07, 6.45) is -12.3. The average Bonchev–Trinajstić information content (AvgIpc) is 1.52. The normalized spacial score (nSPS) is 19.0. The van der Waals surface area contributed by atoms with Crippen LogP contribution in [0.5, 0.6) is 0 Å². The first kappa shape index (κ1) is 12.3. The van der Waals surface area contributed by atoms with E-state index < -0.39 is 22.6 Å². The van der Waals surface area contributed by atoms with E-state index in [9.17, 15) is 26.3 Å². The number of hydrogen-bond donors (Lipinski definition) is 0. The van der Waals surface area contributed by atoms with Gasteiger partial charge in [0, 0.05) is 0 Å². The van der Waals surface area contributed by atoms with Crippen molar-refractivity contribution in [2.75, 3.05) is 0 Å². The minimum absolute atomic E-state index is 1.76. The topological polar surface area (TPSA) is 0 Å². The van der Waals surface area contributed by atoms with E-state index in [0.29, 0.717) is 0 Å². The van der Waals surface area contributed by atoms with Gasteiger partial charge < -0.3 is 0 Å². The monoisotopic (exact) mass is 278 g/mol. The molecule has 0 rings (SSSR count). The Morgan fingerprint density at radius 1 is 1.00 bits per heavy atom. The fourth-order valence-corrected chi connectivity index (χ4v) is 0.821. The van der Waals surface area contributed by atoms with Crippen molar-refractivity contribution >= 4 is 27.5 Å². The summed E-state index contributed by atoms with van der Waals surface area (Å²) in [4.78, 5) is 0. The average molecular weight is 279 g/mol. The van der Waals surface area contributed by atoms with Crippen molar-refractivity contribution in [2.45, 2.75) is 22.6 Å². The zero-order chi connectivity index (χ0) is 10.2. The van der Waals surface area contributed by atoms with Gasteiger partial charge in [-0.1, -0.05) is 27.5 Å². The second-order valence-electron chi connectivity index (χ2n) is 1.99. The molecule has 0 bridgehead atoms. The van der Waals surface area contributed by atoms with Crippen molar-refractivity contribution in [3.8, 4) is 0 Å². The Morgan fingerprint density at radius 2 is 1.33 bits per heavy atom. The molecule has 74 valence electrons. The molecule has 0 aliphatic carbocycles. The van der Waals surface area contributed by atoms with Crippen LogP contribution < -0.4 is 0 Å². The van der Waals surface area contributed by atoms with Gasteiger partial charge in [-0.3, -0.25) is 0 Å². The van der Waals surface area contributed by atoms with Gasteiger partial charge in [-0.25, -0.2) is 0 Å². The summed E-state index contributed by atoms with van der Waals surface area (Å²) < 4.78 is 66.0. The third-order valence-corrected chi connectivity index (χ3v) is 1.92. The molecule has 0 heterocycles. The van der Waals surface area contributed by atoms with Gasteiger partial charge in [-0.05, 0) is 0 Å². The number of halogens is 8. The fraction of sp³-hybridized carbons (Fsp3) is 1.00. The van der Waals surface area contributed by atoms with Crippen LogP contribution in [-0.4, -0.2) is 16.1 Å². The molecule has 0 N–H and O–H groups in total. The SMILES string of the molecule is FC(F)(F)CC(Cl)(Br)C(F)(F)F. The van der Waals surface area contributed by atoms with Crippen molar-refractivity contribution in [2.24, 2.45) is 0 Å². The molecular formula is C4H2BrClF6. The molecule has 1 atom stereocenters. The lowest BCUT2D eigenvalue weighted by Gasteiger charge is -2.23. The van der Waals surface area contributed by atoms with E-state index in [1.165, 1.54) is 0 Å². The Kier molecular flexibility index (Phi) is 3.34. The predicted octanol–water partition coefficient (Wildman–Crippen LogP) is 3.83. The maximum atomic E-state index is 11.7. The maximum Gasteiger partial charge on any atom is 0.417 e. The quantitative estimate of drug-likeness (QED) is 0.505. The molecular weight excluding hydrogens is 277 g/mol. The van der Waals surface area contributed by atoms with Crippen molar-refractivity contribution in [3.63, 3.8) is 0 Å². The van der Waals surface area contributed by atoms with Crippen LogP contribution in [-0.2, 0) is 0 Å². The van der Waals surface area contributed by atoms with Gasteiger partial charge in [0.1, 0.15) is 0 Å². The molecule has 12 heavy (non-hydrogen) atoms. The highest BCUT2D eigenvalue weighted by Gasteiger charge is 2.57. The third-order valence-electron chi connectivity index (χ3n) is 0.837. The van der Waals surface area contributed by atoms with Crippen LogP contribution in [0.3, 0.4) is 0 Å². The van der Waals surface area contributed by atoms with Crippen LogP contribution in [0.25, 0.3) is 0 Å². The van der Waals surface area contributed by atoms with Crippen molar-refractivity contribution in [3.05, 3.63) is 0 Å². The summed E-state index contributed by atoms with van der Waals surface area (Å²) in [5.41, 5.74) is 0. The first-order chi connectivity index (χ1) is 4.96. The molecule has 0 radical (unpaired) electrons. The van der Waals surface area contributed by atoms with E-state index in [1.807, 2.05) is 0 Å². The number of hydrogen-bond acceptors (Lipinski definition) is 0. The van der Waals surface area contributed by atoms with Gasteiger partial charge in [0.05, 0.1) is 6.42 Å². The molecule has 0 saturated carbocycles. The maximum absolute atomic E-state index is 11.7. The van der Waals surface area contributed by atoms with Gasteiger partial charge in [0.15, 0.2) is 0 Å². The standard InChI is InChI=1S/C4H2BrClF6/c5-2(6,4(10,11)12)1-3(7,8)9/h1H2. The summed E-state index contributed by atoms with van der Waals surface area (Å²) in [7, 11) is 0. The zero-order valence-electron chi connectivity index (χ0n) is 5.23. The minimum Gasteiger partial charge on any atom is -0.171 e. The fourth-order valence-electron chi connectivity index (χ4n) is 0.352. The summed E-state index contributed by atoms with van der Waals surface area (Å²) >= 11 is 6.33. The molecule has 0 aromatic carbocycles. The molecule has 0 aliphatic heterocycles. The molecule has 0 aromatic rings. The van der Waals surface area contributed by atoms with E-state index >= 15 is 0 Å². The van der Waals surface area contributed by atoms with Crippen molar-refractivity contribution in [1.29, 1.82) is 0 Å². The van der Waals surface area contributed by atoms with Crippen LogP contribution >= 0.6 is 27.5 Å². The molecule has 0 amide bonds. The zero-order valence-corrected chi connectivity index (χ0v) is 7.57. The largest absolute Gasteiger partial charge is 0.417 e. The summed E-state index contributed by atoms with van der Waals surface area (Å²) in [5.74, 6) is 0. The van der Waals surface area contributed by atoms with Crippen LogP contribution in [0.4, 0.5) is 26.3 Å². The van der Waals surface area contributed by atoms with Gasteiger partial charge in [-0.15, -0.1) is 0 Å². The van der Waals surface area contributed by atoms with E-state index in [2.05, 4.69) is 11.6 Å². The van der Waals surface area contributed by atoms with E-state index in [1.54, 1.807) is 15.9 Å². The molecule has 0 aromatic heterocycles. The highest BCUT2D eigenvalue weighted by Crippen LogP contribution is 2.48. The van der Waals surface area contributed by atoms with Gasteiger partial charge in [-0.2, -0.15) is 26.3 Å². The Bertz CT molecular complexity index is 158. The molecule has 0 saturated heterocycles. The van der Waals surface area contributed by atoms with Crippen molar-refractivity contribution in [1.82, 2.24) is 0 Å². The van der Waals surface area contributed by atoms with Crippen LogP contribution in [0.15, 0.2) is 0 Å². The van der Waals surface area contributed by atoms with Gasteiger partial charge in [0.2, 0.25) is 3.78 Å². The Morgan fingerprint density at radius 3 is 1.42 bits per heavy atom. The van der Waals surface area contributed by atoms with E-state index in [4.69, 9.17) is 0 Å². The second-order valence-corrected chi connectivity index (χ2v) is 4.45. The Balaban J connectivity index is 4.44. The third kappa shape index (κ3) is 3.84. The van der Waals surface area contributed by atoms with Crippen molar-refractivity contribution < 1.29 is 26.3 Å². The summed E-state index contributed by atoms with van der Waals surface area (Å²) in [6.45, 7) is 0. The van der Waals surface area contributed by atoms with E-state index in [-0.39, 0.29) is 0 Å². The van der Waals surface area contributed by atoms with Gasteiger partial charge in [0.25, 0.3) is 0 Å². The smallest absolute Gasteiger partial charge is 0.171 e. The summed E-state index contributed by atoms with van der Waals surface area (Å²) in [5, 5.41) is 0. The summed E-state index contributed by atoms with van der Waals surface area (Å²) in [6, 6.07) is 0. The van der Waals surface area contributed by atoms with Crippen LogP contribution in [0.2, 0.25) is 0 Å². The van der Waals surface area contributed by atoms with Gasteiger partial charge >= 0.3 is 12.4 Å². The first-order valence-electron chi connectivity index (χ1n) is 2.47. The second kappa shape index (κ2) is 3.25. The number of alkyl halides is 8. The highest BCUT2D eigenvalue weighted by atomic mass is 79.9. The van der Waals surface area contributed by atoms with E-state index in [0.717, 1.165) is 0 Å². The number of rotatable bonds is 1. The minimum atomic E-state index is -5.13. The molecule has 1 unspecified atom stereocenters. The predicted molar refractivity (Wildman–Crippen MR) is 34.2 cm³/mol. The molecule has 0 aliphatic rings. The molecule has 0 spiro atoms.